The lowest BCUT2D eigenvalue weighted by Crippen LogP contribution is -2.23. The monoisotopic (exact) mass is 323 g/mol. The van der Waals surface area contributed by atoms with Gasteiger partial charge in [0.15, 0.2) is 5.82 Å². The first-order chi connectivity index (χ1) is 11.7. The molecule has 3 aromatic rings. The number of halogens is 1. The zero-order valence-electron chi connectivity index (χ0n) is 12.9. The Bertz CT molecular complexity index is 934. The summed E-state index contributed by atoms with van der Waals surface area (Å²) in [4.78, 5) is 24.2. The van der Waals surface area contributed by atoms with E-state index in [9.17, 15) is 9.18 Å². The number of hydrogen-bond donors (Lipinski definition) is 0. The lowest BCUT2D eigenvalue weighted by atomic mass is 10.2. The summed E-state index contributed by atoms with van der Waals surface area (Å²) < 4.78 is 14.5. The molecular formula is C17H14FN5O. The number of hydrogen-bond acceptors (Lipinski definition) is 5. The van der Waals surface area contributed by atoms with E-state index in [1.807, 2.05) is 13.0 Å². The van der Waals surface area contributed by atoms with Crippen LogP contribution in [0.3, 0.4) is 0 Å². The largest absolute Gasteiger partial charge is 0.268 e. The molecule has 0 aliphatic rings. The highest BCUT2D eigenvalue weighted by atomic mass is 19.1. The van der Waals surface area contributed by atoms with Crippen LogP contribution < -0.4 is 5.56 Å². The third-order valence-corrected chi connectivity index (χ3v) is 3.24. The van der Waals surface area contributed by atoms with Crippen LogP contribution in [-0.2, 0) is 6.54 Å². The maximum atomic E-state index is 13.2. The average molecular weight is 323 g/mol. The predicted molar refractivity (Wildman–Crippen MR) is 87.5 cm³/mol. The molecule has 3 heterocycles. The van der Waals surface area contributed by atoms with Crippen LogP contribution in [0.15, 0.2) is 53.9 Å². The van der Waals surface area contributed by atoms with Crippen molar-refractivity contribution in [1.29, 1.82) is 0 Å². The molecule has 0 unspecified atom stereocenters. The van der Waals surface area contributed by atoms with E-state index in [0.29, 0.717) is 22.6 Å². The van der Waals surface area contributed by atoms with E-state index in [1.54, 1.807) is 24.5 Å². The fourth-order valence-corrected chi connectivity index (χ4v) is 2.14. The van der Waals surface area contributed by atoms with Crippen LogP contribution in [0.2, 0.25) is 0 Å². The van der Waals surface area contributed by atoms with Crippen molar-refractivity contribution in [3.05, 3.63) is 76.6 Å². The highest BCUT2D eigenvalue weighted by molar-refractivity contribution is 5.56. The highest BCUT2D eigenvalue weighted by Crippen LogP contribution is 2.13. The molecule has 7 heteroatoms. The Labute approximate surface area is 137 Å². The van der Waals surface area contributed by atoms with Crippen LogP contribution in [0.1, 0.15) is 18.3 Å². The maximum Gasteiger partial charge on any atom is 0.267 e. The van der Waals surface area contributed by atoms with Gasteiger partial charge in [0.2, 0.25) is 0 Å². The normalized spacial score (nSPS) is 11.1. The Balaban J connectivity index is 1.92. The van der Waals surface area contributed by atoms with Gasteiger partial charge in [0.05, 0.1) is 18.4 Å². The molecule has 24 heavy (non-hydrogen) atoms. The van der Waals surface area contributed by atoms with Crippen molar-refractivity contribution >= 4 is 6.08 Å². The minimum absolute atomic E-state index is 0.134. The van der Waals surface area contributed by atoms with Crippen molar-refractivity contribution in [2.75, 3.05) is 0 Å². The van der Waals surface area contributed by atoms with Gasteiger partial charge in [-0.1, -0.05) is 6.08 Å². The van der Waals surface area contributed by atoms with E-state index in [4.69, 9.17) is 0 Å². The molecule has 0 aliphatic heterocycles. The summed E-state index contributed by atoms with van der Waals surface area (Å²) in [6, 6.07) is 4.34. The van der Waals surface area contributed by atoms with E-state index in [2.05, 4.69) is 20.1 Å². The number of nitrogens with zero attached hydrogens (tertiary/aromatic N) is 5. The second-order valence-corrected chi connectivity index (χ2v) is 5.06. The standard InChI is InChI=1S/C17H14FN5O/c1-2-3-16-20-8-13(9-21-16)15-4-5-17(24)23(22-15)11-12-6-14(18)10-19-7-12/h2-10H,11H2,1H3/b3-2-. The summed E-state index contributed by atoms with van der Waals surface area (Å²) in [5, 5.41) is 4.30. The number of aromatic nitrogens is 5. The molecule has 0 N–H and O–H groups in total. The third kappa shape index (κ3) is 3.57. The highest BCUT2D eigenvalue weighted by Gasteiger charge is 2.06. The molecule has 0 bridgehead atoms. The van der Waals surface area contributed by atoms with E-state index in [0.717, 1.165) is 6.20 Å². The van der Waals surface area contributed by atoms with Gasteiger partial charge in [-0.2, -0.15) is 5.10 Å². The van der Waals surface area contributed by atoms with Gasteiger partial charge in [0.25, 0.3) is 5.56 Å². The third-order valence-electron chi connectivity index (χ3n) is 3.24. The Morgan fingerprint density at radius 3 is 2.67 bits per heavy atom. The van der Waals surface area contributed by atoms with Gasteiger partial charge >= 0.3 is 0 Å². The molecule has 0 atom stereocenters. The average Bonchev–Trinajstić information content (AvgIpc) is 2.58. The van der Waals surface area contributed by atoms with Gasteiger partial charge in [-0.05, 0) is 30.7 Å². The Morgan fingerprint density at radius 2 is 1.96 bits per heavy atom. The summed E-state index contributed by atoms with van der Waals surface area (Å²) in [6.07, 6.45) is 9.53. The van der Waals surface area contributed by atoms with Gasteiger partial charge < -0.3 is 0 Å². The van der Waals surface area contributed by atoms with Crippen molar-refractivity contribution in [2.45, 2.75) is 13.5 Å². The van der Waals surface area contributed by atoms with Gasteiger partial charge in [-0.3, -0.25) is 9.78 Å². The molecule has 3 rings (SSSR count). The zero-order chi connectivity index (χ0) is 16.9. The summed E-state index contributed by atoms with van der Waals surface area (Å²) in [5.74, 6) is 0.144. The molecule has 0 spiro atoms. The number of allylic oxidation sites excluding steroid dienone is 1. The fourth-order valence-electron chi connectivity index (χ4n) is 2.14. The molecule has 6 nitrogen and oxygen atoms in total. The predicted octanol–water partition coefficient (Wildman–Crippen LogP) is 2.32. The Kier molecular flexibility index (Phi) is 4.51. The number of pyridine rings is 1. The number of rotatable bonds is 4. The Hall–Kier alpha value is -3.22. The smallest absolute Gasteiger partial charge is 0.267 e. The summed E-state index contributed by atoms with van der Waals surface area (Å²) in [5.41, 5.74) is 1.52. The van der Waals surface area contributed by atoms with Crippen molar-refractivity contribution in [1.82, 2.24) is 24.7 Å². The van der Waals surface area contributed by atoms with E-state index < -0.39 is 5.82 Å². The van der Waals surface area contributed by atoms with Gasteiger partial charge in [0.1, 0.15) is 5.82 Å². The quantitative estimate of drug-likeness (QED) is 0.736. The minimum Gasteiger partial charge on any atom is -0.268 e. The lowest BCUT2D eigenvalue weighted by molar-refractivity contribution is 0.604. The SMILES string of the molecule is C/C=C\c1ncc(-c2ccc(=O)n(Cc3cncc(F)c3)n2)cn1. The maximum absolute atomic E-state index is 13.2. The summed E-state index contributed by atoms with van der Waals surface area (Å²) in [6.45, 7) is 2.02. The van der Waals surface area contributed by atoms with Gasteiger partial charge in [-0.25, -0.2) is 19.0 Å². The van der Waals surface area contributed by atoms with Crippen LogP contribution in [0.4, 0.5) is 4.39 Å². The molecular weight excluding hydrogens is 309 g/mol. The van der Waals surface area contributed by atoms with Crippen molar-refractivity contribution in [2.24, 2.45) is 0 Å². The molecule has 120 valence electrons. The van der Waals surface area contributed by atoms with E-state index in [-0.39, 0.29) is 12.1 Å². The second kappa shape index (κ2) is 6.91. The minimum atomic E-state index is -0.454. The van der Waals surface area contributed by atoms with Crippen LogP contribution in [0.25, 0.3) is 17.3 Å². The van der Waals surface area contributed by atoms with Crippen molar-refractivity contribution in [3.63, 3.8) is 0 Å². The fraction of sp³-hybridized carbons (Fsp3) is 0.118. The lowest BCUT2D eigenvalue weighted by Gasteiger charge is -2.07. The molecule has 0 saturated carbocycles. The topological polar surface area (TPSA) is 73.6 Å². The Morgan fingerprint density at radius 1 is 1.17 bits per heavy atom. The van der Waals surface area contributed by atoms with Crippen molar-refractivity contribution < 1.29 is 4.39 Å². The van der Waals surface area contributed by atoms with Crippen LogP contribution >= 0.6 is 0 Å². The van der Waals surface area contributed by atoms with E-state index >= 15 is 0 Å². The van der Waals surface area contributed by atoms with Crippen LogP contribution in [0, 0.1) is 5.82 Å². The first-order valence-electron chi connectivity index (χ1n) is 7.28. The summed E-state index contributed by atoms with van der Waals surface area (Å²) >= 11 is 0. The van der Waals surface area contributed by atoms with Crippen molar-refractivity contribution in [3.8, 4) is 11.3 Å². The molecule has 0 amide bonds. The summed E-state index contributed by atoms with van der Waals surface area (Å²) in [7, 11) is 0. The molecule has 0 fully saturated rings. The zero-order valence-corrected chi connectivity index (χ0v) is 12.9. The van der Waals surface area contributed by atoms with Crippen LogP contribution in [-0.4, -0.2) is 24.7 Å². The second-order valence-electron chi connectivity index (χ2n) is 5.06. The molecule has 0 saturated heterocycles. The first-order valence-corrected chi connectivity index (χ1v) is 7.28. The van der Waals surface area contributed by atoms with E-state index in [1.165, 1.54) is 23.0 Å². The van der Waals surface area contributed by atoms with Gasteiger partial charge in [0, 0.05) is 30.2 Å². The molecule has 0 aliphatic carbocycles. The van der Waals surface area contributed by atoms with Gasteiger partial charge in [-0.15, -0.1) is 0 Å². The first kappa shape index (κ1) is 15.7. The molecule has 0 aromatic carbocycles. The van der Waals surface area contributed by atoms with Crippen LogP contribution in [0.5, 0.6) is 0 Å². The molecule has 0 radical (unpaired) electrons. The molecule has 3 aromatic heterocycles.